The Morgan fingerprint density at radius 3 is 0.973 bits per heavy atom. The van der Waals surface area contributed by atoms with E-state index in [9.17, 15) is 4.79 Å². The summed E-state index contributed by atoms with van der Waals surface area (Å²) in [6.07, 6.45) is 38.8. The van der Waals surface area contributed by atoms with E-state index in [0.717, 1.165) is 19.5 Å². The second kappa shape index (κ2) is 33.5. The van der Waals surface area contributed by atoms with Gasteiger partial charge >= 0.3 is 0 Å². The molecule has 0 unspecified atom stereocenters. The first-order chi connectivity index (χ1) is 18.3. The van der Waals surface area contributed by atoms with Crippen LogP contribution in [0.15, 0.2) is 0 Å². The summed E-state index contributed by atoms with van der Waals surface area (Å²) >= 11 is 0. The molecule has 3 heteroatoms. The fourth-order valence-corrected chi connectivity index (χ4v) is 5.26. The van der Waals surface area contributed by atoms with Gasteiger partial charge in [-0.15, -0.1) is 0 Å². The standard InChI is InChI=1S/C34H70N2O/c1-3-5-7-9-11-13-15-17-19-21-23-25-27-29-31-35-33-34(37)36-32-30-28-26-24-22-20-18-16-14-12-10-8-6-4-2/h35H,3-33H2,1-2H3,(H,36,37). The summed E-state index contributed by atoms with van der Waals surface area (Å²) in [5, 5.41) is 6.40. The molecule has 0 aromatic rings. The van der Waals surface area contributed by atoms with E-state index in [1.807, 2.05) is 0 Å². The highest BCUT2D eigenvalue weighted by molar-refractivity contribution is 5.77. The molecule has 0 bridgehead atoms. The molecule has 0 fully saturated rings. The number of hydrogen-bond donors (Lipinski definition) is 2. The SMILES string of the molecule is CCCCCCCCCCCCCCCCNCC(=O)NCCCCCCCCCCCCCCCC. The zero-order valence-electron chi connectivity index (χ0n) is 25.8. The summed E-state index contributed by atoms with van der Waals surface area (Å²) in [5.74, 6) is 0.167. The molecule has 0 aromatic heterocycles. The number of hydrogen-bond acceptors (Lipinski definition) is 2. The zero-order valence-corrected chi connectivity index (χ0v) is 25.8. The van der Waals surface area contributed by atoms with Crippen LogP contribution in [0.25, 0.3) is 0 Å². The fourth-order valence-electron chi connectivity index (χ4n) is 5.26. The van der Waals surface area contributed by atoms with Crippen molar-refractivity contribution in [1.29, 1.82) is 0 Å². The lowest BCUT2D eigenvalue weighted by Crippen LogP contribution is -2.34. The smallest absolute Gasteiger partial charge is 0.233 e. The predicted octanol–water partition coefficient (Wildman–Crippen LogP) is 10.7. The monoisotopic (exact) mass is 523 g/mol. The van der Waals surface area contributed by atoms with Crippen LogP contribution in [-0.2, 0) is 4.79 Å². The molecule has 1 amide bonds. The second-order valence-corrected chi connectivity index (χ2v) is 11.7. The molecule has 0 heterocycles. The maximum Gasteiger partial charge on any atom is 0.233 e. The van der Waals surface area contributed by atoms with Crippen molar-refractivity contribution in [3.8, 4) is 0 Å². The van der Waals surface area contributed by atoms with Crippen molar-refractivity contribution in [2.24, 2.45) is 0 Å². The van der Waals surface area contributed by atoms with E-state index < -0.39 is 0 Å². The zero-order chi connectivity index (χ0) is 26.9. The van der Waals surface area contributed by atoms with Gasteiger partial charge in [0.1, 0.15) is 0 Å². The van der Waals surface area contributed by atoms with E-state index in [1.165, 1.54) is 173 Å². The molecule has 37 heavy (non-hydrogen) atoms. The van der Waals surface area contributed by atoms with Gasteiger partial charge < -0.3 is 10.6 Å². The van der Waals surface area contributed by atoms with Gasteiger partial charge in [0.2, 0.25) is 5.91 Å². The van der Waals surface area contributed by atoms with Crippen molar-refractivity contribution in [2.45, 2.75) is 194 Å². The molecule has 0 spiro atoms. The van der Waals surface area contributed by atoms with Crippen LogP contribution in [0.5, 0.6) is 0 Å². The Bertz CT molecular complexity index is 426. The molecule has 0 saturated heterocycles. The van der Waals surface area contributed by atoms with Gasteiger partial charge in [-0.2, -0.15) is 0 Å². The average molecular weight is 523 g/mol. The lowest BCUT2D eigenvalue weighted by atomic mass is 10.0. The summed E-state index contributed by atoms with van der Waals surface area (Å²) in [7, 11) is 0. The molecule has 0 aromatic carbocycles. The second-order valence-electron chi connectivity index (χ2n) is 11.7. The fraction of sp³-hybridized carbons (Fsp3) is 0.971. The maximum atomic E-state index is 12.0. The van der Waals surface area contributed by atoms with Crippen molar-refractivity contribution in [3.05, 3.63) is 0 Å². The van der Waals surface area contributed by atoms with E-state index in [2.05, 4.69) is 24.5 Å². The average Bonchev–Trinajstić information content (AvgIpc) is 2.90. The Hall–Kier alpha value is -0.570. The molecule has 222 valence electrons. The molecule has 0 rings (SSSR count). The van der Waals surface area contributed by atoms with Crippen LogP contribution in [0.4, 0.5) is 0 Å². The summed E-state index contributed by atoms with van der Waals surface area (Å²) in [5.41, 5.74) is 0. The lowest BCUT2D eigenvalue weighted by molar-refractivity contribution is -0.120. The number of carbonyl (C=O) groups is 1. The topological polar surface area (TPSA) is 41.1 Å². The molecule has 0 radical (unpaired) electrons. The minimum absolute atomic E-state index is 0.167. The normalized spacial score (nSPS) is 11.3. The third-order valence-electron chi connectivity index (χ3n) is 7.85. The van der Waals surface area contributed by atoms with Gasteiger partial charge in [-0.1, -0.05) is 181 Å². The summed E-state index contributed by atoms with van der Waals surface area (Å²) in [4.78, 5) is 12.0. The number of nitrogens with one attached hydrogen (secondary N) is 2. The number of unbranched alkanes of at least 4 members (excludes halogenated alkanes) is 26. The highest BCUT2D eigenvalue weighted by Crippen LogP contribution is 2.14. The summed E-state index contributed by atoms with van der Waals surface area (Å²) in [6.45, 7) is 6.88. The van der Waals surface area contributed by atoms with E-state index in [1.54, 1.807) is 0 Å². The first-order valence-corrected chi connectivity index (χ1v) is 17.3. The number of rotatable bonds is 32. The first-order valence-electron chi connectivity index (χ1n) is 17.3. The van der Waals surface area contributed by atoms with Crippen LogP contribution in [0.2, 0.25) is 0 Å². The van der Waals surface area contributed by atoms with Crippen LogP contribution in [0.1, 0.15) is 194 Å². The van der Waals surface area contributed by atoms with Crippen molar-refractivity contribution < 1.29 is 4.79 Å². The predicted molar refractivity (Wildman–Crippen MR) is 167 cm³/mol. The minimum atomic E-state index is 0.167. The van der Waals surface area contributed by atoms with Gasteiger partial charge in [0.25, 0.3) is 0 Å². The van der Waals surface area contributed by atoms with E-state index >= 15 is 0 Å². The molecule has 0 aliphatic rings. The van der Waals surface area contributed by atoms with Gasteiger partial charge in [0, 0.05) is 6.54 Å². The lowest BCUT2D eigenvalue weighted by Gasteiger charge is -2.07. The van der Waals surface area contributed by atoms with Crippen molar-refractivity contribution in [1.82, 2.24) is 10.6 Å². The van der Waals surface area contributed by atoms with Crippen LogP contribution >= 0.6 is 0 Å². The quantitative estimate of drug-likeness (QED) is 0.0862. The van der Waals surface area contributed by atoms with Gasteiger partial charge in [0.05, 0.1) is 6.54 Å². The molecule has 0 atom stereocenters. The molecule has 2 N–H and O–H groups in total. The minimum Gasteiger partial charge on any atom is -0.355 e. The largest absolute Gasteiger partial charge is 0.355 e. The Morgan fingerprint density at radius 1 is 0.378 bits per heavy atom. The first kappa shape index (κ1) is 36.4. The highest BCUT2D eigenvalue weighted by Gasteiger charge is 2.00. The molecule has 3 nitrogen and oxygen atoms in total. The van der Waals surface area contributed by atoms with Crippen molar-refractivity contribution in [3.63, 3.8) is 0 Å². The van der Waals surface area contributed by atoms with Gasteiger partial charge in [-0.3, -0.25) is 4.79 Å². The van der Waals surface area contributed by atoms with Gasteiger partial charge in [0.15, 0.2) is 0 Å². The van der Waals surface area contributed by atoms with E-state index in [-0.39, 0.29) is 5.91 Å². The Kier molecular flexibility index (Phi) is 32.9. The van der Waals surface area contributed by atoms with Gasteiger partial charge in [-0.05, 0) is 19.4 Å². The third kappa shape index (κ3) is 33.4. The molecular weight excluding hydrogens is 452 g/mol. The number of amides is 1. The maximum absolute atomic E-state index is 12.0. The van der Waals surface area contributed by atoms with Crippen molar-refractivity contribution >= 4 is 5.91 Å². The summed E-state index contributed by atoms with van der Waals surface area (Å²) < 4.78 is 0. The Balaban J connectivity index is 3.14. The number of carbonyl (C=O) groups excluding carboxylic acids is 1. The third-order valence-corrected chi connectivity index (χ3v) is 7.85. The molecular formula is C34H70N2O. The highest BCUT2D eigenvalue weighted by atomic mass is 16.1. The van der Waals surface area contributed by atoms with Crippen LogP contribution in [0, 0.1) is 0 Å². The van der Waals surface area contributed by atoms with Gasteiger partial charge in [-0.25, -0.2) is 0 Å². The van der Waals surface area contributed by atoms with Crippen LogP contribution < -0.4 is 10.6 Å². The van der Waals surface area contributed by atoms with Crippen LogP contribution in [-0.4, -0.2) is 25.5 Å². The van der Waals surface area contributed by atoms with Crippen LogP contribution in [0.3, 0.4) is 0 Å². The Labute approximate surface area is 234 Å². The molecule has 0 aliphatic carbocycles. The van der Waals surface area contributed by atoms with E-state index in [4.69, 9.17) is 0 Å². The summed E-state index contributed by atoms with van der Waals surface area (Å²) in [6, 6.07) is 0. The van der Waals surface area contributed by atoms with Crippen molar-refractivity contribution in [2.75, 3.05) is 19.6 Å². The van der Waals surface area contributed by atoms with E-state index in [0.29, 0.717) is 6.54 Å². The molecule has 0 aliphatic heterocycles. The Morgan fingerprint density at radius 2 is 0.649 bits per heavy atom. The molecule has 0 saturated carbocycles.